The van der Waals surface area contributed by atoms with E-state index in [1.165, 1.54) is 6.07 Å². The number of para-hydroxylation sites is 1. The minimum atomic E-state index is -0.0882. The molecule has 0 aliphatic rings. The topological polar surface area (TPSA) is 51.1 Å². The molecule has 0 saturated carbocycles. The summed E-state index contributed by atoms with van der Waals surface area (Å²) in [7, 11) is 0. The molecule has 4 heteroatoms. The summed E-state index contributed by atoms with van der Waals surface area (Å²) >= 11 is 0. The number of nitrogens with zero attached hydrogens (tertiary/aromatic N) is 1. The van der Waals surface area contributed by atoms with Gasteiger partial charge in [0.25, 0.3) is 0 Å². The number of amides is 1. The highest BCUT2D eigenvalue weighted by Crippen LogP contribution is 2.23. The third kappa shape index (κ3) is 3.80. The summed E-state index contributed by atoms with van der Waals surface area (Å²) in [6.07, 6.45) is 3.43. The van der Waals surface area contributed by atoms with Gasteiger partial charge in [-0.3, -0.25) is 9.59 Å². The maximum absolute atomic E-state index is 12.8. The molecule has 1 aromatic heterocycles. The lowest BCUT2D eigenvalue weighted by Gasteiger charge is -2.16. The van der Waals surface area contributed by atoms with Crippen LogP contribution in [-0.4, -0.2) is 10.5 Å². The van der Waals surface area contributed by atoms with Gasteiger partial charge in [-0.1, -0.05) is 38.1 Å². The van der Waals surface area contributed by atoms with Gasteiger partial charge in [-0.25, -0.2) is 0 Å². The van der Waals surface area contributed by atoms with Crippen molar-refractivity contribution in [1.82, 2.24) is 4.57 Å². The minimum absolute atomic E-state index is 0.0104. The molecule has 27 heavy (non-hydrogen) atoms. The van der Waals surface area contributed by atoms with Crippen molar-refractivity contribution in [2.75, 3.05) is 5.32 Å². The molecular formula is C23H26N2O2. The van der Waals surface area contributed by atoms with Gasteiger partial charge >= 0.3 is 0 Å². The molecule has 0 atom stereocenters. The molecule has 1 amide bonds. The van der Waals surface area contributed by atoms with E-state index in [0.717, 1.165) is 46.3 Å². The van der Waals surface area contributed by atoms with Crippen LogP contribution in [0, 0.1) is 13.8 Å². The van der Waals surface area contributed by atoms with Gasteiger partial charge in [0, 0.05) is 23.3 Å². The van der Waals surface area contributed by atoms with Crippen molar-refractivity contribution in [3.8, 4) is 0 Å². The van der Waals surface area contributed by atoms with Crippen LogP contribution in [0.5, 0.6) is 0 Å². The summed E-state index contributed by atoms with van der Waals surface area (Å²) in [5.74, 6) is -0.0882. The predicted molar refractivity (Wildman–Crippen MR) is 112 cm³/mol. The number of aromatic nitrogens is 1. The number of fused-ring (bicyclic) bond motifs is 1. The molecule has 3 aromatic rings. The first-order valence-electron chi connectivity index (χ1n) is 9.45. The van der Waals surface area contributed by atoms with Crippen LogP contribution in [0.3, 0.4) is 0 Å². The van der Waals surface area contributed by atoms with Crippen LogP contribution in [0.15, 0.2) is 47.4 Å². The highest BCUT2D eigenvalue weighted by Gasteiger charge is 2.13. The average Bonchev–Trinajstić information content (AvgIpc) is 2.63. The molecule has 0 bridgehead atoms. The third-order valence-corrected chi connectivity index (χ3v) is 5.00. The number of anilines is 1. The quantitative estimate of drug-likeness (QED) is 0.732. The zero-order chi connectivity index (χ0) is 19.6. The molecule has 1 heterocycles. The van der Waals surface area contributed by atoms with Crippen LogP contribution in [0.2, 0.25) is 0 Å². The molecule has 0 spiro atoms. The van der Waals surface area contributed by atoms with E-state index in [2.05, 4.69) is 31.3 Å². The smallest absolute Gasteiger partial charge is 0.244 e. The first-order valence-corrected chi connectivity index (χ1v) is 9.45. The van der Waals surface area contributed by atoms with Crippen molar-refractivity contribution in [1.29, 1.82) is 0 Å². The second-order valence-corrected chi connectivity index (χ2v) is 6.99. The number of carbonyl (C=O) groups is 1. The summed E-state index contributed by atoms with van der Waals surface area (Å²) in [5.41, 5.74) is 6.00. The second kappa shape index (κ2) is 7.78. The molecule has 1 N–H and O–H groups in total. The van der Waals surface area contributed by atoms with Crippen molar-refractivity contribution in [2.24, 2.45) is 0 Å². The van der Waals surface area contributed by atoms with Crippen molar-refractivity contribution in [3.63, 3.8) is 0 Å². The fourth-order valence-corrected chi connectivity index (χ4v) is 3.69. The van der Waals surface area contributed by atoms with E-state index in [9.17, 15) is 9.59 Å². The van der Waals surface area contributed by atoms with Gasteiger partial charge in [-0.15, -0.1) is 0 Å². The standard InChI is InChI=1S/C23H26N2O2/c1-5-17-8-7-9-18(6-2)23(17)24-21(27)14-25-11-10-20(26)22-16(4)12-15(3)13-19(22)25/h7-13H,5-6,14H2,1-4H3,(H,24,27). The number of hydrogen-bond acceptors (Lipinski definition) is 2. The Labute approximate surface area is 159 Å². The van der Waals surface area contributed by atoms with E-state index in [0.29, 0.717) is 5.39 Å². The molecular weight excluding hydrogens is 336 g/mol. The maximum Gasteiger partial charge on any atom is 0.244 e. The fraction of sp³-hybridized carbons (Fsp3) is 0.304. The van der Waals surface area contributed by atoms with Crippen LogP contribution in [-0.2, 0) is 24.2 Å². The van der Waals surface area contributed by atoms with Crippen LogP contribution in [0.1, 0.15) is 36.1 Å². The fourth-order valence-electron chi connectivity index (χ4n) is 3.69. The lowest BCUT2D eigenvalue weighted by Crippen LogP contribution is -2.22. The monoisotopic (exact) mass is 362 g/mol. The first-order chi connectivity index (χ1) is 12.9. The number of hydrogen-bond donors (Lipinski definition) is 1. The van der Waals surface area contributed by atoms with E-state index in [4.69, 9.17) is 0 Å². The zero-order valence-electron chi connectivity index (χ0n) is 16.4. The Balaban J connectivity index is 1.97. The van der Waals surface area contributed by atoms with Gasteiger partial charge in [0.15, 0.2) is 5.43 Å². The van der Waals surface area contributed by atoms with Gasteiger partial charge in [0.05, 0.1) is 5.52 Å². The van der Waals surface area contributed by atoms with Gasteiger partial charge in [-0.05, 0) is 55.0 Å². The summed E-state index contributed by atoms with van der Waals surface area (Å²) in [6, 6.07) is 11.6. The summed E-state index contributed by atoms with van der Waals surface area (Å²) < 4.78 is 1.85. The molecule has 0 aliphatic heterocycles. The molecule has 3 rings (SSSR count). The Bertz CT molecular complexity index is 1040. The van der Waals surface area contributed by atoms with Gasteiger partial charge in [-0.2, -0.15) is 0 Å². The molecule has 0 radical (unpaired) electrons. The van der Waals surface area contributed by atoms with Gasteiger partial charge < -0.3 is 9.88 Å². The highest BCUT2D eigenvalue weighted by molar-refractivity contribution is 5.93. The van der Waals surface area contributed by atoms with Gasteiger partial charge in [0.1, 0.15) is 6.54 Å². The van der Waals surface area contributed by atoms with Crippen LogP contribution in [0.4, 0.5) is 5.69 Å². The highest BCUT2D eigenvalue weighted by atomic mass is 16.2. The first kappa shape index (κ1) is 18.9. The summed E-state index contributed by atoms with van der Waals surface area (Å²) in [5, 5.41) is 3.78. The van der Waals surface area contributed by atoms with Gasteiger partial charge in [0.2, 0.25) is 5.91 Å². The lowest BCUT2D eigenvalue weighted by atomic mass is 10.0. The molecule has 0 fully saturated rings. The van der Waals surface area contributed by atoms with Crippen molar-refractivity contribution < 1.29 is 4.79 Å². The molecule has 0 aliphatic carbocycles. The normalized spacial score (nSPS) is 11.0. The molecule has 2 aromatic carbocycles. The number of rotatable bonds is 5. The van der Waals surface area contributed by atoms with E-state index < -0.39 is 0 Å². The second-order valence-electron chi connectivity index (χ2n) is 6.99. The number of benzene rings is 2. The van der Waals surface area contributed by atoms with Crippen molar-refractivity contribution in [2.45, 2.75) is 47.1 Å². The van der Waals surface area contributed by atoms with E-state index in [-0.39, 0.29) is 17.9 Å². The predicted octanol–water partition coefficient (Wildman–Crippen LogP) is 4.38. The van der Waals surface area contributed by atoms with Crippen molar-refractivity contribution in [3.05, 3.63) is 75.1 Å². The van der Waals surface area contributed by atoms with E-state index in [1.54, 1.807) is 6.20 Å². The third-order valence-electron chi connectivity index (χ3n) is 5.00. The number of nitrogens with one attached hydrogen (secondary N) is 1. The largest absolute Gasteiger partial charge is 0.338 e. The Kier molecular flexibility index (Phi) is 5.45. The maximum atomic E-state index is 12.8. The van der Waals surface area contributed by atoms with Crippen LogP contribution in [0.25, 0.3) is 10.9 Å². The number of carbonyl (C=O) groups excluding carboxylic acids is 1. The Morgan fingerprint density at radius 2 is 1.70 bits per heavy atom. The zero-order valence-corrected chi connectivity index (χ0v) is 16.4. The Morgan fingerprint density at radius 3 is 2.33 bits per heavy atom. The number of pyridine rings is 1. The number of aryl methyl sites for hydroxylation is 4. The molecule has 4 nitrogen and oxygen atoms in total. The summed E-state index contributed by atoms with van der Waals surface area (Å²) in [4.78, 5) is 25.1. The summed E-state index contributed by atoms with van der Waals surface area (Å²) in [6.45, 7) is 8.28. The Morgan fingerprint density at radius 1 is 1.04 bits per heavy atom. The van der Waals surface area contributed by atoms with E-state index in [1.807, 2.05) is 36.6 Å². The van der Waals surface area contributed by atoms with E-state index >= 15 is 0 Å². The SMILES string of the molecule is CCc1cccc(CC)c1NC(=O)Cn1ccc(=O)c2c(C)cc(C)cc21. The Hall–Kier alpha value is -2.88. The molecule has 0 saturated heterocycles. The average molecular weight is 362 g/mol. The van der Waals surface area contributed by atoms with Crippen LogP contribution >= 0.6 is 0 Å². The molecule has 0 unspecified atom stereocenters. The minimum Gasteiger partial charge on any atom is -0.338 e. The van der Waals surface area contributed by atoms with Crippen molar-refractivity contribution >= 4 is 22.5 Å². The molecule has 140 valence electrons. The lowest BCUT2D eigenvalue weighted by molar-refractivity contribution is -0.116. The van der Waals surface area contributed by atoms with Crippen LogP contribution < -0.4 is 10.7 Å².